The molecule has 0 spiro atoms. The largest absolute Gasteiger partial charge is 0.379 e. The van der Waals surface area contributed by atoms with Crippen molar-refractivity contribution in [2.24, 2.45) is 4.99 Å². The Bertz CT molecular complexity index is 715. The zero-order chi connectivity index (χ0) is 19.1. The van der Waals surface area contributed by atoms with Crippen molar-refractivity contribution in [1.29, 1.82) is 0 Å². The third kappa shape index (κ3) is 5.43. The fraction of sp³-hybridized carbons (Fsp3) is 0.600. The fourth-order valence-corrected chi connectivity index (χ4v) is 3.30. The van der Waals surface area contributed by atoms with Crippen LogP contribution in [0.1, 0.15) is 26.5 Å². The van der Waals surface area contributed by atoms with Gasteiger partial charge in [0.05, 0.1) is 25.5 Å². The van der Waals surface area contributed by atoms with Crippen molar-refractivity contribution in [3.05, 3.63) is 36.3 Å². The van der Waals surface area contributed by atoms with Crippen molar-refractivity contribution in [3.8, 4) is 0 Å². The van der Waals surface area contributed by atoms with Gasteiger partial charge in [-0.3, -0.25) is 9.89 Å². The number of pyridine rings is 1. The monoisotopic (exact) mass is 372 g/mol. The highest BCUT2D eigenvalue weighted by Crippen LogP contribution is 2.16. The van der Waals surface area contributed by atoms with Gasteiger partial charge in [0.2, 0.25) is 0 Å². The van der Waals surface area contributed by atoms with Crippen LogP contribution in [0.25, 0.3) is 5.65 Å². The van der Waals surface area contributed by atoms with Gasteiger partial charge in [-0.2, -0.15) is 0 Å². The van der Waals surface area contributed by atoms with E-state index in [9.17, 15) is 0 Å². The molecule has 1 fully saturated rings. The minimum Gasteiger partial charge on any atom is -0.379 e. The second-order valence-electron chi connectivity index (χ2n) is 7.48. The van der Waals surface area contributed by atoms with Gasteiger partial charge in [-0.25, -0.2) is 4.98 Å². The first-order valence-corrected chi connectivity index (χ1v) is 9.86. The Morgan fingerprint density at radius 2 is 2.07 bits per heavy atom. The molecule has 0 amide bonds. The Morgan fingerprint density at radius 1 is 1.26 bits per heavy atom. The molecular formula is C20H32N6O. The number of aliphatic imine (C=N–C) groups is 1. The van der Waals surface area contributed by atoms with Crippen LogP contribution in [-0.2, 0) is 11.2 Å². The number of aromatic nitrogens is 2. The van der Waals surface area contributed by atoms with E-state index in [2.05, 4.69) is 51.9 Å². The van der Waals surface area contributed by atoms with Crippen molar-refractivity contribution < 1.29 is 4.74 Å². The molecule has 7 nitrogen and oxygen atoms in total. The summed E-state index contributed by atoms with van der Waals surface area (Å²) in [4.78, 5) is 11.9. The maximum absolute atomic E-state index is 5.47. The van der Waals surface area contributed by atoms with Crippen LogP contribution in [-0.4, -0.2) is 71.7 Å². The van der Waals surface area contributed by atoms with Gasteiger partial charge in [0.25, 0.3) is 0 Å². The minimum absolute atomic E-state index is 0.0216. The molecule has 0 atom stereocenters. The van der Waals surface area contributed by atoms with Gasteiger partial charge in [0.15, 0.2) is 5.96 Å². The van der Waals surface area contributed by atoms with E-state index in [1.807, 2.05) is 24.4 Å². The van der Waals surface area contributed by atoms with Crippen molar-refractivity contribution in [1.82, 2.24) is 24.9 Å². The molecule has 7 heteroatoms. The number of morpholine rings is 1. The summed E-state index contributed by atoms with van der Waals surface area (Å²) in [6.45, 7) is 12.6. The van der Waals surface area contributed by atoms with E-state index in [0.29, 0.717) is 0 Å². The van der Waals surface area contributed by atoms with Crippen LogP contribution in [0.15, 0.2) is 35.6 Å². The van der Waals surface area contributed by atoms with Crippen molar-refractivity contribution in [2.45, 2.75) is 32.7 Å². The highest BCUT2D eigenvalue weighted by Gasteiger charge is 2.28. The summed E-state index contributed by atoms with van der Waals surface area (Å²) < 4.78 is 7.52. The number of ether oxygens (including phenoxy) is 1. The Labute approximate surface area is 161 Å². The van der Waals surface area contributed by atoms with Gasteiger partial charge in [0.1, 0.15) is 5.65 Å². The molecule has 0 radical (unpaired) electrons. The summed E-state index contributed by atoms with van der Waals surface area (Å²) in [5.41, 5.74) is 2.09. The molecule has 0 saturated carbocycles. The maximum Gasteiger partial charge on any atom is 0.191 e. The summed E-state index contributed by atoms with van der Waals surface area (Å²) >= 11 is 0. The second-order valence-corrected chi connectivity index (χ2v) is 7.48. The topological polar surface area (TPSA) is 66.2 Å². The van der Waals surface area contributed by atoms with Crippen LogP contribution in [0.4, 0.5) is 0 Å². The number of nitrogens with zero attached hydrogens (tertiary/aromatic N) is 4. The molecule has 27 heavy (non-hydrogen) atoms. The Balaban J connectivity index is 1.53. The summed E-state index contributed by atoms with van der Waals surface area (Å²) in [6, 6.07) is 6.05. The molecule has 1 aliphatic heterocycles. The van der Waals surface area contributed by atoms with Crippen LogP contribution in [0.5, 0.6) is 0 Å². The molecule has 0 aliphatic carbocycles. The Morgan fingerprint density at radius 3 is 2.81 bits per heavy atom. The van der Waals surface area contributed by atoms with E-state index in [4.69, 9.17) is 9.73 Å². The van der Waals surface area contributed by atoms with Gasteiger partial charge in [-0.1, -0.05) is 6.07 Å². The average Bonchev–Trinajstić information content (AvgIpc) is 3.09. The average molecular weight is 373 g/mol. The Hall–Kier alpha value is -2.12. The molecule has 3 rings (SSSR count). The standard InChI is InChI=1S/C20H32N6O/c1-4-21-19(23-16-20(2,3)26-11-13-27-14-12-26)22-9-8-17-15-25-10-6-5-7-18(25)24-17/h5-7,10,15H,4,8-9,11-14,16H2,1-3H3,(H2,21,22,23). The third-order valence-electron chi connectivity index (χ3n) is 4.92. The van der Waals surface area contributed by atoms with Crippen molar-refractivity contribution in [2.75, 3.05) is 45.9 Å². The van der Waals surface area contributed by atoms with Gasteiger partial charge in [-0.15, -0.1) is 0 Å². The van der Waals surface area contributed by atoms with Gasteiger partial charge in [0, 0.05) is 50.5 Å². The summed E-state index contributed by atoms with van der Waals surface area (Å²) in [6.07, 6.45) is 4.97. The molecule has 2 aromatic heterocycles. The number of rotatable bonds is 7. The first-order valence-electron chi connectivity index (χ1n) is 9.86. The molecule has 0 aromatic carbocycles. The van der Waals surface area contributed by atoms with E-state index in [-0.39, 0.29) is 5.54 Å². The third-order valence-corrected chi connectivity index (χ3v) is 4.92. The minimum atomic E-state index is 0.0216. The molecule has 0 unspecified atom stereocenters. The number of fused-ring (bicyclic) bond motifs is 1. The van der Waals surface area contributed by atoms with E-state index in [1.54, 1.807) is 0 Å². The number of nitrogens with one attached hydrogen (secondary N) is 2. The van der Waals surface area contributed by atoms with Crippen molar-refractivity contribution >= 4 is 11.6 Å². The zero-order valence-corrected chi connectivity index (χ0v) is 16.7. The van der Waals surface area contributed by atoms with Gasteiger partial charge in [-0.05, 0) is 32.9 Å². The summed E-state index contributed by atoms with van der Waals surface area (Å²) in [7, 11) is 0. The SMILES string of the molecule is CCNC(=NCC(C)(C)N1CCOCC1)NCCc1cn2ccccc2n1. The number of guanidine groups is 1. The molecule has 148 valence electrons. The van der Waals surface area contributed by atoms with Crippen LogP contribution in [0.2, 0.25) is 0 Å². The van der Waals surface area contributed by atoms with E-state index >= 15 is 0 Å². The summed E-state index contributed by atoms with van der Waals surface area (Å²) in [5, 5.41) is 6.78. The second kappa shape index (κ2) is 9.19. The lowest BCUT2D eigenvalue weighted by atomic mass is 10.0. The molecule has 3 heterocycles. The van der Waals surface area contributed by atoms with E-state index in [0.717, 1.165) is 69.7 Å². The van der Waals surface area contributed by atoms with Crippen LogP contribution in [0, 0.1) is 0 Å². The predicted molar refractivity (Wildman–Crippen MR) is 109 cm³/mol. The van der Waals surface area contributed by atoms with Crippen LogP contribution < -0.4 is 10.6 Å². The quantitative estimate of drug-likeness (QED) is 0.570. The fourth-order valence-electron chi connectivity index (χ4n) is 3.30. The highest BCUT2D eigenvalue weighted by molar-refractivity contribution is 5.79. The molecule has 1 aliphatic rings. The van der Waals surface area contributed by atoms with E-state index < -0.39 is 0 Å². The van der Waals surface area contributed by atoms with Crippen LogP contribution in [0.3, 0.4) is 0 Å². The van der Waals surface area contributed by atoms with Crippen LogP contribution >= 0.6 is 0 Å². The molecule has 0 bridgehead atoms. The highest BCUT2D eigenvalue weighted by atomic mass is 16.5. The lowest BCUT2D eigenvalue weighted by Gasteiger charge is -2.39. The first-order chi connectivity index (χ1) is 13.1. The predicted octanol–water partition coefficient (Wildman–Crippen LogP) is 1.54. The lowest BCUT2D eigenvalue weighted by Crippen LogP contribution is -2.52. The number of hydrogen-bond acceptors (Lipinski definition) is 4. The zero-order valence-electron chi connectivity index (χ0n) is 16.7. The van der Waals surface area contributed by atoms with Gasteiger partial charge >= 0.3 is 0 Å². The number of hydrogen-bond donors (Lipinski definition) is 2. The molecular weight excluding hydrogens is 340 g/mol. The molecule has 2 N–H and O–H groups in total. The Kier molecular flexibility index (Phi) is 6.68. The first kappa shape index (κ1) is 19.6. The number of imidazole rings is 1. The molecule has 1 saturated heterocycles. The normalized spacial score (nSPS) is 16.6. The summed E-state index contributed by atoms with van der Waals surface area (Å²) in [5.74, 6) is 0.864. The van der Waals surface area contributed by atoms with Gasteiger partial charge < -0.3 is 19.8 Å². The molecule has 2 aromatic rings. The lowest BCUT2D eigenvalue weighted by molar-refractivity contribution is -0.00683. The van der Waals surface area contributed by atoms with Crippen molar-refractivity contribution in [3.63, 3.8) is 0 Å². The maximum atomic E-state index is 5.47. The van der Waals surface area contributed by atoms with E-state index in [1.165, 1.54) is 0 Å². The smallest absolute Gasteiger partial charge is 0.191 e.